The molecule has 4 heteroatoms. The molecule has 1 N–H and O–H groups in total. The molecular weight excluding hydrogens is 242 g/mol. The van der Waals surface area contributed by atoms with Crippen molar-refractivity contribution in [1.82, 2.24) is 5.43 Å². The summed E-state index contributed by atoms with van der Waals surface area (Å²) in [6, 6.07) is 0. The number of hydrazone groups is 1. The Bertz CT molecular complexity index is 332. The van der Waals surface area contributed by atoms with Crippen LogP contribution in [0.2, 0.25) is 0 Å². The molecule has 0 fully saturated rings. The van der Waals surface area contributed by atoms with Gasteiger partial charge in [0.05, 0.1) is 6.54 Å². The lowest BCUT2D eigenvalue weighted by Crippen LogP contribution is -2.27. The first-order valence-electron chi connectivity index (χ1n) is 6.71. The van der Waals surface area contributed by atoms with Crippen LogP contribution >= 0.6 is 11.8 Å². The predicted molar refractivity (Wildman–Crippen MR) is 83.4 cm³/mol. The first kappa shape index (κ1) is 15.3. The van der Waals surface area contributed by atoms with E-state index in [1.807, 2.05) is 6.92 Å². The van der Waals surface area contributed by atoms with Crippen LogP contribution in [-0.4, -0.2) is 23.2 Å². The molecule has 3 nitrogen and oxygen atoms in total. The van der Waals surface area contributed by atoms with E-state index in [4.69, 9.17) is 0 Å². The number of rotatable bonds is 6. The van der Waals surface area contributed by atoms with Gasteiger partial charge >= 0.3 is 0 Å². The number of hydrogen-bond acceptors (Lipinski definition) is 4. The van der Waals surface area contributed by atoms with Crippen LogP contribution in [0.5, 0.6) is 0 Å². The van der Waals surface area contributed by atoms with E-state index in [9.17, 15) is 0 Å². The second kappa shape index (κ2) is 8.35. The summed E-state index contributed by atoms with van der Waals surface area (Å²) in [7, 11) is 0. The van der Waals surface area contributed by atoms with Crippen LogP contribution in [0, 0.1) is 11.8 Å². The second-order valence-electron chi connectivity index (χ2n) is 5.20. The summed E-state index contributed by atoms with van der Waals surface area (Å²) >= 11 is 1.75. The molecule has 102 valence electrons. The first-order valence-corrected chi connectivity index (χ1v) is 7.70. The third-order valence-electron chi connectivity index (χ3n) is 2.71. The van der Waals surface area contributed by atoms with Gasteiger partial charge in [-0.3, -0.25) is 10.4 Å². The molecule has 0 aromatic carbocycles. The molecule has 1 heterocycles. The van der Waals surface area contributed by atoms with Crippen LogP contribution < -0.4 is 5.43 Å². The maximum Gasteiger partial charge on any atom is 0.117 e. The minimum atomic E-state index is 0.670. The number of allylic oxidation sites excluding steroid dienone is 1. The molecule has 1 aliphatic heterocycles. The van der Waals surface area contributed by atoms with Crippen molar-refractivity contribution in [2.75, 3.05) is 12.3 Å². The van der Waals surface area contributed by atoms with Gasteiger partial charge in [-0.15, -0.1) is 11.8 Å². The minimum Gasteiger partial charge on any atom is -0.264 e. The molecule has 0 amide bonds. The van der Waals surface area contributed by atoms with Crippen molar-refractivity contribution in [2.24, 2.45) is 21.9 Å². The van der Waals surface area contributed by atoms with Gasteiger partial charge in [-0.25, -0.2) is 0 Å². The van der Waals surface area contributed by atoms with Gasteiger partial charge in [0.2, 0.25) is 0 Å². The highest BCUT2D eigenvalue weighted by Crippen LogP contribution is 2.16. The fourth-order valence-corrected chi connectivity index (χ4v) is 2.75. The molecule has 0 radical (unpaired) electrons. The number of amidine groups is 1. The Balaban J connectivity index is 2.28. The van der Waals surface area contributed by atoms with Gasteiger partial charge in [-0.2, -0.15) is 5.10 Å². The zero-order valence-electron chi connectivity index (χ0n) is 11.9. The quantitative estimate of drug-likeness (QED) is 0.745. The molecule has 0 saturated heterocycles. The number of nitrogens with zero attached hydrogens (tertiary/aromatic N) is 2. The van der Waals surface area contributed by atoms with Crippen molar-refractivity contribution in [3.8, 4) is 0 Å². The van der Waals surface area contributed by atoms with E-state index in [0.717, 1.165) is 35.5 Å². The van der Waals surface area contributed by atoms with E-state index in [-0.39, 0.29) is 0 Å². The molecule has 0 spiro atoms. The lowest BCUT2D eigenvalue weighted by molar-refractivity contribution is 0.447. The molecule has 0 saturated carbocycles. The Hall–Kier alpha value is -0.770. The Labute approximate surface area is 115 Å². The highest BCUT2D eigenvalue weighted by Gasteiger charge is 2.12. The van der Waals surface area contributed by atoms with Gasteiger partial charge in [-0.1, -0.05) is 32.9 Å². The maximum atomic E-state index is 4.57. The Kier molecular flexibility index (Phi) is 7.09. The SMILES string of the molecule is C/C=C/CSC1=NNC(C[C@@H](C)CC(C)C)=NC1. The summed E-state index contributed by atoms with van der Waals surface area (Å²) < 4.78 is 0. The Morgan fingerprint density at radius 3 is 2.72 bits per heavy atom. The number of hydrogen-bond donors (Lipinski definition) is 1. The normalized spacial score (nSPS) is 17.6. The smallest absolute Gasteiger partial charge is 0.117 e. The van der Waals surface area contributed by atoms with E-state index in [0.29, 0.717) is 5.92 Å². The van der Waals surface area contributed by atoms with Crippen LogP contribution in [0.15, 0.2) is 22.2 Å². The van der Waals surface area contributed by atoms with Gasteiger partial charge in [0, 0.05) is 12.2 Å². The summed E-state index contributed by atoms with van der Waals surface area (Å²) in [5.41, 5.74) is 3.09. The zero-order chi connectivity index (χ0) is 13.4. The average Bonchev–Trinajstić information content (AvgIpc) is 2.30. The largest absolute Gasteiger partial charge is 0.264 e. The standard InChI is InChI=1S/C14H25N3S/c1-5-6-7-18-14-10-15-13(16-17-14)9-12(4)8-11(2)3/h5-6,11-12H,7-10H2,1-4H3,(H,15,16)/b6-5+/t12-/m0/s1. The van der Waals surface area contributed by atoms with E-state index in [2.05, 4.69) is 48.4 Å². The number of aliphatic imine (C=N–C) groups is 1. The molecule has 0 bridgehead atoms. The summed E-state index contributed by atoms with van der Waals surface area (Å²) in [6.07, 6.45) is 6.45. The predicted octanol–water partition coefficient (Wildman–Crippen LogP) is 3.68. The highest BCUT2D eigenvalue weighted by molar-refractivity contribution is 8.14. The highest BCUT2D eigenvalue weighted by atomic mass is 32.2. The first-order chi connectivity index (χ1) is 8.61. The van der Waals surface area contributed by atoms with E-state index >= 15 is 0 Å². The van der Waals surface area contributed by atoms with Gasteiger partial charge in [0.15, 0.2) is 0 Å². The topological polar surface area (TPSA) is 36.8 Å². The lowest BCUT2D eigenvalue weighted by atomic mass is 9.95. The second-order valence-corrected chi connectivity index (χ2v) is 6.29. The third-order valence-corrected chi connectivity index (χ3v) is 3.63. The molecular formula is C14H25N3S. The summed E-state index contributed by atoms with van der Waals surface area (Å²) in [4.78, 5) is 4.57. The summed E-state index contributed by atoms with van der Waals surface area (Å²) in [5, 5.41) is 5.46. The maximum absolute atomic E-state index is 4.57. The van der Waals surface area contributed by atoms with Crippen molar-refractivity contribution >= 4 is 22.6 Å². The van der Waals surface area contributed by atoms with Crippen molar-refractivity contribution in [1.29, 1.82) is 0 Å². The van der Waals surface area contributed by atoms with Crippen molar-refractivity contribution in [3.05, 3.63) is 12.2 Å². The van der Waals surface area contributed by atoms with Crippen molar-refractivity contribution < 1.29 is 0 Å². The molecule has 0 unspecified atom stereocenters. The van der Waals surface area contributed by atoms with Crippen LogP contribution in [0.25, 0.3) is 0 Å². The van der Waals surface area contributed by atoms with Crippen LogP contribution in [-0.2, 0) is 0 Å². The van der Waals surface area contributed by atoms with Gasteiger partial charge in [-0.05, 0) is 25.2 Å². The van der Waals surface area contributed by atoms with Crippen molar-refractivity contribution in [2.45, 2.75) is 40.5 Å². The molecule has 0 aromatic rings. The average molecular weight is 267 g/mol. The fraction of sp³-hybridized carbons (Fsp3) is 0.714. The lowest BCUT2D eigenvalue weighted by Gasteiger charge is -2.18. The van der Waals surface area contributed by atoms with Crippen molar-refractivity contribution in [3.63, 3.8) is 0 Å². The summed E-state index contributed by atoms with van der Waals surface area (Å²) in [6.45, 7) is 9.58. The van der Waals surface area contributed by atoms with E-state index in [1.54, 1.807) is 11.8 Å². The zero-order valence-corrected chi connectivity index (χ0v) is 12.8. The Morgan fingerprint density at radius 2 is 2.17 bits per heavy atom. The van der Waals surface area contributed by atoms with Crippen LogP contribution in [0.4, 0.5) is 0 Å². The molecule has 18 heavy (non-hydrogen) atoms. The molecule has 0 aromatic heterocycles. The van der Waals surface area contributed by atoms with Gasteiger partial charge < -0.3 is 0 Å². The number of thioether (sulfide) groups is 1. The van der Waals surface area contributed by atoms with Crippen LogP contribution in [0.3, 0.4) is 0 Å². The van der Waals surface area contributed by atoms with Gasteiger partial charge in [0.1, 0.15) is 10.9 Å². The third kappa shape index (κ3) is 6.24. The summed E-state index contributed by atoms with van der Waals surface area (Å²) in [5.74, 6) is 3.44. The monoisotopic (exact) mass is 267 g/mol. The van der Waals surface area contributed by atoms with Crippen LogP contribution in [0.1, 0.15) is 40.5 Å². The van der Waals surface area contributed by atoms with E-state index < -0.39 is 0 Å². The molecule has 0 aliphatic carbocycles. The molecule has 1 atom stereocenters. The molecule has 1 aliphatic rings. The fourth-order valence-electron chi connectivity index (χ4n) is 2.01. The minimum absolute atomic E-state index is 0.670. The molecule has 1 rings (SSSR count). The number of nitrogens with one attached hydrogen (secondary N) is 1. The Morgan fingerprint density at radius 1 is 1.39 bits per heavy atom. The van der Waals surface area contributed by atoms with E-state index in [1.165, 1.54) is 6.42 Å². The van der Waals surface area contributed by atoms with Gasteiger partial charge in [0.25, 0.3) is 0 Å².